The number of likely N-dealkylation sites (tertiary alicyclic amines) is 1. The van der Waals surface area contributed by atoms with Gasteiger partial charge < -0.3 is 15.2 Å². The lowest BCUT2D eigenvalue weighted by Crippen LogP contribution is -2.39. The van der Waals surface area contributed by atoms with Crippen molar-refractivity contribution in [3.05, 3.63) is 63.0 Å². The summed E-state index contributed by atoms with van der Waals surface area (Å²) in [5.41, 5.74) is 1.62. The standard InChI is InChI=1S/C21H24BrN3O3/c22-17-3-1-15(2-4-17)13-16-9-11-25(12-10-16)21(28)8-7-20(27)24-18-5-6-19(26)23-14-18/h1-6,14,16H,7-13H2,(H,23,26)(H,24,27). The monoisotopic (exact) mass is 445 g/mol. The van der Waals surface area contributed by atoms with E-state index in [-0.39, 0.29) is 30.2 Å². The van der Waals surface area contributed by atoms with Crippen molar-refractivity contribution in [1.29, 1.82) is 0 Å². The molecule has 6 nitrogen and oxygen atoms in total. The van der Waals surface area contributed by atoms with Gasteiger partial charge in [0.1, 0.15) is 0 Å². The first-order valence-corrected chi connectivity index (χ1v) is 10.3. The Morgan fingerprint density at radius 1 is 1.07 bits per heavy atom. The van der Waals surface area contributed by atoms with Crippen molar-refractivity contribution in [1.82, 2.24) is 9.88 Å². The Labute approximate surface area is 172 Å². The Bertz CT molecular complexity index is 851. The van der Waals surface area contributed by atoms with Crippen molar-refractivity contribution in [2.24, 2.45) is 5.92 Å². The van der Waals surface area contributed by atoms with Crippen molar-refractivity contribution < 1.29 is 9.59 Å². The fourth-order valence-electron chi connectivity index (χ4n) is 3.43. The molecule has 1 saturated heterocycles. The summed E-state index contributed by atoms with van der Waals surface area (Å²) in [6, 6.07) is 11.3. The lowest BCUT2D eigenvalue weighted by molar-refractivity contribution is -0.134. The Balaban J connectivity index is 1.38. The summed E-state index contributed by atoms with van der Waals surface area (Å²) in [4.78, 5) is 39.8. The molecule has 2 aromatic rings. The summed E-state index contributed by atoms with van der Waals surface area (Å²) in [5.74, 6) is 0.387. The molecule has 1 aromatic heterocycles. The van der Waals surface area contributed by atoms with E-state index in [4.69, 9.17) is 0 Å². The molecule has 148 valence electrons. The molecule has 2 amide bonds. The molecule has 1 aliphatic rings. The van der Waals surface area contributed by atoms with Crippen LogP contribution in [0.1, 0.15) is 31.2 Å². The SMILES string of the molecule is O=C(CCC(=O)N1CCC(Cc2ccc(Br)cc2)CC1)Nc1ccc(=O)[nH]c1. The number of halogens is 1. The van der Waals surface area contributed by atoms with Gasteiger partial charge in [0.05, 0.1) is 5.69 Å². The smallest absolute Gasteiger partial charge is 0.248 e. The Kier molecular flexibility index (Phi) is 7.03. The summed E-state index contributed by atoms with van der Waals surface area (Å²) in [7, 11) is 0. The summed E-state index contributed by atoms with van der Waals surface area (Å²) < 4.78 is 1.08. The highest BCUT2D eigenvalue weighted by Crippen LogP contribution is 2.23. The number of amides is 2. The van der Waals surface area contributed by atoms with Gasteiger partial charge in [-0.2, -0.15) is 0 Å². The van der Waals surface area contributed by atoms with E-state index in [2.05, 4.69) is 50.5 Å². The minimum atomic E-state index is -0.231. The fourth-order valence-corrected chi connectivity index (χ4v) is 3.70. The molecule has 7 heteroatoms. The zero-order valence-electron chi connectivity index (χ0n) is 15.6. The summed E-state index contributed by atoms with van der Waals surface area (Å²) in [6.07, 6.45) is 4.80. The van der Waals surface area contributed by atoms with Crippen LogP contribution >= 0.6 is 15.9 Å². The summed E-state index contributed by atoms with van der Waals surface area (Å²) >= 11 is 3.45. The van der Waals surface area contributed by atoms with E-state index in [1.165, 1.54) is 23.9 Å². The number of rotatable bonds is 6. The second kappa shape index (κ2) is 9.68. The molecule has 0 atom stereocenters. The number of carbonyl (C=O) groups excluding carboxylic acids is 2. The molecule has 0 radical (unpaired) electrons. The van der Waals surface area contributed by atoms with Gasteiger partial charge in [-0.25, -0.2) is 0 Å². The van der Waals surface area contributed by atoms with E-state index >= 15 is 0 Å². The number of aromatic nitrogens is 1. The van der Waals surface area contributed by atoms with E-state index in [0.29, 0.717) is 11.6 Å². The third-order valence-electron chi connectivity index (χ3n) is 5.04. The number of H-pyrrole nitrogens is 1. The maximum absolute atomic E-state index is 12.4. The predicted octanol–water partition coefficient (Wildman–Crippen LogP) is 3.34. The maximum Gasteiger partial charge on any atom is 0.248 e. The third-order valence-corrected chi connectivity index (χ3v) is 5.57. The van der Waals surface area contributed by atoms with Crippen LogP contribution in [0.2, 0.25) is 0 Å². The van der Waals surface area contributed by atoms with Crippen LogP contribution in [0.3, 0.4) is 0 Å². The maximum atomic E-state index is 12.4. The highest BCUT2D eigenvalue weighted by atomic mass is 79.9. The first kappa shape index (κ1) is 20.3. The van der Waals surface area contributed by atoms with Gasteiger partial charge in [-0.1, -0.05) is 28.1 Å². The highest BCUT2D eigenvalue weighted by molar-refractivity contribution is 9.10. The van der Waals surface area contributed by atoms with Gasteiger partial charge in [0, 0.05) is 42.7 Å². The lowest BCUT2D eigenvalue weighted by atomic mass is 9.90. The van der Waals surface area contributed by atoms with Gasteiger partial charge >= 0.3 is 0 Å². The van der Waals surface area contributed by atoms with Crippen molar-refractivity contribution in [2.75, 3.05) is 18.4 Å². The first-order chi connectivity index (χ1) is 13.5. The molecular formula is C21H24BrN3O3. The predicted molar refractivity (Wildman–Crippen MR) is 112 cm³/mol. The molecule has 1 fully saturated rings. The van der Waals surface area contributed by atoms with Crippen LogP contribution in [-0.2, 0) is 16.0 Å². The molecule has 2 N–H and O–H groups in total. The average Bonchev–Trinajstić information content (AvgIpc) is 2.70. The third kappa shape index (κ3) is 6.05. The summed E-state index contributed by atoms with van der Waals surface area (Å²) in [5, 5.41) is 2.68. The van der Waals surface area contributed by atoms with Gasteiger partial charge in [0.15, 0.2) is 0 Å². The number of pyridine rings is 1. The van der Waals surface area contributed by atoms with Gasteiger partial charge in [-0.15, -0.1) is 0 Å². The number of piperidine rings is 1. The molecule has 0 bridgehead atoms. The van der Waals surface area contributed by atoms with Crippen LogP contribution in [-0.4, -0.2) is 34.8 Å². The van der Waals surface area contributed by atoms with Crippen LogP contribution in [0.4, 0.5) is 5.69 Å². The van der Waals surface area contributed by atoms with Crippen LogP contribution in [0.5, 0.6) is 0 Å². The number of hydrogen-bond donors (Lipinski definition) is 2. The number of nitrogens with one attached hydrogen (secondary N) is 2. The van der Waals surface area contributed by atoms with Gasteiger partial charge in [-0.05, 0) is 48.9 Å². The molecule has 0 spiro atoms. The van der Waals surface area contributed by atoms with Crippen molar-refractivity contribution >= 4 is 33.4 Å². The van der Waals surface area contributed by atoms with Gasteiger partial charge in [0.25, 0.3) is 0 Å². The summed E-state index contributed by atoms with van der Waals surface area (Å²) in [6.45, 7) is 1.50. The zero-order chi connectivity index (χ0) is 19.9. The Morgan fingerprint density at radius 2 is 1.79 bits per heavy atom. The molecular weight excluding hydrogens is 422 g/mol. The molecule has 0 aliphatic carbocycles. The van der Waals surface area contributed by atoms with E-state index < -0.39 is 0 Å². The topological polar surface area (TPSA) is 82.3 Å². The average molecular weight is 446 g/mol. The second-order valence-electron chi connectivity index (χ2n) is 7.14. The zero-order valence-corrected chi connectivity index (χ0v) is 17.2. The molecule has 0 unspecified atom stereocenters. The molecule has 0 saturated carbocycles. The van der Waals surface area contributed by atoms with Crippen molar-refractivity contribution in [3.8, 4) is 0 Å². The quantitative estimate of drug-likeness (QED) is 0.714. The molecule has 2 heterocycles. The molecule has 1 aliphatic heterocycles. The lowest BCUT2D eigenvalue weighted by Gasteiger charge is -2.32. The largest absolute Gasteiger partial charge is 0.343 e. The minimum absolute atomic E-state index is 0.0266. The van der Waals surface area contributed by atoms with Gasteiger partial charge in [0.2, 0.25) is 17.4 Å². The van der Waals surface area contributed by atoms with Crippen LogP contribution < -0.4 is 10.9 Å². The fraction of sp³-hybridized carbons (Fsp3) is 0.381. The molecule has 3 rings (SSSR count). The van der Waals surface area contributed by atoms with E-state index in [1.54, 1.807) is 0 Å². The van der Waals surface area contributed by atoms with Crippen molar-refractivity contribution in [3.63, 3.8) is 0 Å². The number of hydrogen-bond acceptors (Lipinski definition) is 3. The number of aromatic amines is 1. The normalized spacial score (nSPS) is 14.7. The van der Waals surface area contributed by atoms with Crippen LogP contribution in [0.15, 0.2) is 51.9 Å². The molecule has 1 aromatic carbocycles. The number of benzene rings is 1. The number of nitrogens with zero attached hydrogens (tertiary/aromatic N) is 1. The Morgan fingerprint density at radius 3 is 2.43 bits per heavy atom. The minimum Gasteiger partial charge on any atom is -0.343 e. The second-order valence-corrected chi connectivity index (χ2v) is 8.06. The highest BCUT2D eigenvalue weighted by Gasteiger charge is 2.23. The number of carbonyl (C=O) groups is 2. The van der Waals surface area contributed by atoms with E-state index in [0.717, 1.165) is 36.8 Å². The van der Waals surface area contributed by atoms with E-state index in [9.17, 15) is 14.4 Å². The van der Waals surface area contributed by atoms with Gasteiger partial charge in [-0.3, -0.25) is 14.4 Å². The van der Waals surface area contributed by atoms with Crippen LogP contribution in [0.25, 0.3) is 0 Å². The molecule has 28 heavy (non-hydrogen) atoms. The van der Waals surface area contributed by atoms with Crippen molar-refractivity contribution in [2.45, 2.75) is 32.1 Å². The van der Waals surface area contributed by atoms with Crippen LogP contribution in [0, 0.1) is 5.92 Å². The first-order valence-electron chi connectivity index (χ1n) is 9.50. The van der Waals surface area contributed by atoms with E-state index in [1.807, 2.05) is 4.90 Å². The number of anilines is 1. The Hall–Kier alpha value is -2.41.